The van der Waals surface area contributed by atoms with Gasteiger partial charge in [0.1, 0.15) is 30.3 Å². The number of rotatable bonds is 9. The first-order chi connectivity index (χ1) is 17.3. The minimum atomic E-state index is -1.20. The molecule has 4 rings (SSSR count). The maximum absolute atomic E-state index is 12.2. The minimum Gasteiger partial charge on any atom is -0.492 e. The SMILES string of the molecule is CC(=O)N1CCN(Cc2ccc(OCCN3CCNC3=O)cc2)C[C@@](O)(COc2ccc(C)cc2)C1. The summed E-state index contributed by atoms with van der Waals surface area (Å²) in [5.74, 6) is 1.39. The van der Waals surface area contributed by atoms with Crippen molar-refractivity contribution < 1.29 is 24.2 Å². The number of aryl methyl sites for hydroxylation is 1. The zero-order valence-electron chi connectivity index (χ0n) is 21.1. The summed E-state index contributed by atoms with van der Waals surface area (Å²) in [4.78, 5) is 29.4. The second kappa shape index (κ2) is 11.6. The molecule has 36 heavy (non-hydrogen) atoms. The Morgan fingerprint density at radius 2 is 1.69 bits per heavy atom. The van der Waals surface area contributed by atoms with Crippen molar-refractivity contribution in [2.45, 2.75) is 26.0 Å². The van der Waals surface area contributed by atoms with E-state index < -0.39 is 5.60 Å². The van der Waals surface area contributed by atoms with Crippen molar-refractivity contribution in [3.63, 3.8) is 0 Å². The Bertz CT molecular complexity index is 1030. The summed E-state index contributed by atoms with van der Waals surface area (Å²) in [5.41, 5.74) is 1.03. The number of aliphatic hydroxyl groups is 1. The van der Waals surface area contributed by atoms with Crippen LogP contribution in [-0.2, 0) is 11.3 Å². The molecular formula is C27H36N4O5. The Hall–Kier alpha value is -3.30. The highest BCUT2D eigenvalue weighted by Gasteiger charge is 2.36. The molecule has 194 valence electrons. The van der Waals surface area contributed by atoms with Crippen LogP contribution in [-0.4, -0.2) is 96.4 Å². The standard InChI is InChI=1S/C27H36N4O5/c1-21-3-7-25(8-4-21)36-20-27(34)18-29(13-14-31(19-27)22(2)32)17-23-5-9-24(10-6-23)35-16-15-30-12-11-28-26(30)33/h3-10,34H,11-20H2,1-2H3,(H,28,33)/t27-/m0/s1. The number of nitrogens with one attached hydrogen (secondary N) is 1. The average Bonchev–Trinajstić information content (AvgIpc) is 3.18. The van der Waals surface area contributed by atoms with E-state index in [1.807, 2.05) is 55.5 Å². The zero-order valence-corrected chi connectivity index (χ0v) is 21.1. The van der Waals surface area contributed by atoms with E-state index in [9.17, 15) is 14.7 Å². The van der Waals surface area contributed by atoms with Gasteiger partial charge in [-0.1, -0.05) is 29.8 Å². The molecule has 9 heteroatoms. The molecule has 2 aromatic rings. The molecule has 0 aromatic heterocycles. The first kappa shape index (κ1) is 25.8. The summed E-state index contributed by atoms with van der Waals surface area (Å²) in [6.07, 6.45) is 0. The molecule has 0 saturated carbocycles. The molecule has 0 spiro atoms. The molecule has 2 N–H and O–H groups in total. The molecule has 0 bridgehead atoms. The predicted molar refractivity (Wildman–Crippen MR) is 136 cm³/mol. The van der Waals surface area contributed by atoms with Crippen LogP contribution in [0.2, 0.25) is 0 Å². The van der Waals surface area contributed by atoms with E-state index in [1.54, 1.807) is 9.80 Å². The Kier molecular flexibility index (Phi) is 8.32. The van der Waals surface area contributed by atoms with Gasteiger partial charge in [-0.3, -0.25) is 9.69 Å². The van der Waals surface area contributed by atoms with Crippen LogP contribution >= 0.6 is 0 Å². The number of urea groups is 1. The van der Waals surface area contributed by atoms with Crippen LogP contribution in [0.25, 0.3) is 0 Å². The number of ether oxygens (including phenoxy) is 2. The Morgan fingerprint density at radius 3 is 2.36 bits per heavy atom. The second-order valence-corrected chi connectivity index (χ2v) is 9.69. The van der Waals surface area contributed by atoms with Gasteiger partial charge in [0, 0.05) is 46.2 Å². The van der Waals surface area contributed by atoms with E-state index >= 15 is 0 Å². The number of hydrogen-bond donors (Lipinski definition) is 2. The largest absolute Gasteiger partial charge is 0.492 e. The van der Waals surface area contributed by atoms with Crippen molar-refractivity contribution >= 4 is 11.9 Å². The number of benzene rings is 2. The lowest BCUT2D eigenvalue weighted by atomic mass is 10.0. The van der Waals surface area contributed by atoms with E-state index in [2.05, 4.69) is 10.2 Å². The van der Waals surface area contributed by atoms with Crippen molar-refractivity contribution in [3.05, 3.63) is 59.7 Å². The molecule has 2 aliphatic heterocycles. The van der Waals surface area contributed by atoms with Crippen molar-refractivity contribution in [3.8, 4) is 11.5 Å². The fourth-order valence-corrected chi connectivity index (χ4v) is 4.54. The summed E-state index contributed by atoms with van der Waals surface area (Å²) in [5, 5.41) is 14.3. The molecule has 2 fully saturated rings. The maximum Gasteiger partial charge on any atom is 0.317 e. The molecule has 0 unspecified atom stereocenters. The van der Waals surface area contributed by atoms with Crippen molar-refractivity contribution in [2.24, 2.45) is 0 Å². The lowest BCUT2D eigenvalue weighted by Gasteiger charge is -2.32. The van der Waals surface area contributed by atoms with Crippen LogP contribution in [0.5, 0.6) is 11.5 Å². The zero-order chi connectivity index (χ0) is 25.5. The van der Waals surface area contributed by atoms with Crippen LogP contribution in [0.1, 0.15) is 18.1 Å². The van der Waals surface area contributed by atoms with Crippen molar-refractivity contribution in [2.75, 3.05) is 59.0 Å². The molecule has 3 amide bonds. The lowest BCUT2D eigenvalue weighted by Crippen LogP contribution is -2.51. The number of carbonyl (C=O) groups is 2. The predicted octanol–water partition coefficient (Wildman–Crippen LogP) is 1.87. The monoisotopic (exact) mass is 496 g/mol. The molecule has 2 aliphatic rings. The van der Waals surface area contributed by atoms with E-state index in [-0.39, 0.29) is 25.1 Å². The summed E-state index contributed by atoms with van der Waals surface area (Å²) in [6.45, 7) is 8.48. The number of β-amino-alcohol motifs (C(OH)–C–C–N with tert-alkyl or cyclic N) is 1. The van der Waals surface area contributed by atoms with Gasteiger partial charge >= 0.3 is 6.03 Å². The number of amides is 3. The fraction of sp³-hybridized carbons (Fsp3) is 0.481. The van der Waals surface area contributed by atoms with Crippen LogP contribution < -0.4 is 14.8 Å². The number of carbonyl (C=O) groups excluding carboxylic acids is 2. The molecule has 2 saturated heterocycles. The Labute approximate surface area is 212 Å². The molecule has 2 aromatic carbocycles. The quantitative estimate of drug-likeness (QED) is 0.551. The summed E-state index contributed by atoms with van der Waals surface area (Å²) < 4.78 is 11.7. The summed E-state index contributed by atoms with van der Waals surface area (Å²) in [7, 11) is 0. The van der Waals surface area contributed by atoms with Crippen LogP contribution in [0.3, 0.4) is 0 Å². The van der Waals surface area contributed by atoms with E-state index in [0.29, 0.717) is 58.2 Å². The highest BCUT2D eigenvalue weighted by molar-refractivity contribution is 5.76. The summed E-state index contributed by atoms with van der Waals surface area (Å²) in [6, 6.07) is 15.5. The molecule has 9 nitrogen and oxygen atoms in total. The molecular weight excluding hydrogens is 460 g/mol. The third kappa shape index (κ3) is 7.11. The van der Waals surface area contributed by atoms with Gasteiger partial charge in [0.25, 0.3) is 0 Å². The minimum absolute atomic E-state index is 0.0426. The van der Waals surface area contributed by atoms with Gasteiger partial charge < -0.3 is 29.7 Å². The molecule has 0 aliphatic carbocycles. The Balaban J connectivity index is 1.33. The molecule has 2 heterocycles. The molecule has 1 atom stereocenters. The van der Waals surface area contributed by atoms with Crippen molar-refractivity contribution in [1.82, 2.24) is 20.0 Å². The van der Waals surface area contributed by atoms with Crippen LogP contribution in [0.15, 0.2) is 48.5 Å². The van der Waals surface area contributed by atoms with Gasteiger partial charge in [-0.15, -0.1) is 0 Å². The number of nitrogens with zero attached hydrogens (tertiary/aromatic N) is 3. The first-order valence-corrected chi connectivity index (χ1v) is 12.4. The van der Waals surface area contributed by atoms with Gasteiger partial charge in [-0.25, -0.2) is 4.79 Å². The van der Waals surface area contributed by atoms with Gasteiger partial charge in [-0.05, 0) is 36.8 Å². The fourth-order valence-electron chi connectivity index (χ4n) is 4.54. The number of hydrogen-bond acceptors (Lipinski definition) is 6. The highest BCUT2D eigenvalue weighted by atomic mass is 16.5. The second-order valence-electron chi connectivity index (χ2n) is 9.69. The van der Waals surface area contributed by atoms with Crippen molar-refractivity contribution in [1.29, 1.82) is 0 Å². The van der Waals surface area contributed by atoms with Crippen LogP contribution in [0, 0.1) is 6.92 Å². The molecule has 0 radical (unpaired) electrons. The van der Waals surface area contributed by atoms with Gasteiger partial charge in [-0.2, -0.15) is 0 Å². The van der Waals surface area contributed by atoms with Gasteiger partial charge in [0.05, 0.1) is 13.1 Å². The van der Waals surface area contributed by atoms with Gasteiger partial charge in [0.15, 0.2) is 0 Å². The van der Waals surface area contributed by atoms with Crippen LogP contribution in [0.4, 0.5) is 4.79 Å². The Morgan fingerprint density at radius 1 is 1.00 bits per heavy atom. The third-order valence-electron chi connectivity index (χ3n) is 6.57. The summed E-state index contributed by atoms with van der Waals surface area (Å²) >= 11 is 0. The van der Waals surface area contributed by atoms with E-state index in [1.165, 1.54) is 6.92 Å². The van der Waals surface area contributed by atoms with E-state index in [4.69, 9.17) is 9.47 Å². The third-order valence-corrected chi connectivity index (χ3v) is 6.57. The topological polar surface area (TPSA) is 94.6 Å². The maximum atomic E-state index is 12.2. The normalized spacial score (nSPS) is 20.7. The highest BCUT2D eigenvalue weighted by Crippen LogP contribution is 2.21. The van der Waals surface area contributed by atoms with Gasteiger partial charge in [0.2, 0.25) is 5.91 Å². The van der Waals surface area contributed by atoms with E-state index in [0.717, 1.165) is 16.9 Å². The lowest BCUT2D eigenvalue weighted by molar-refractivity contribution is -0.132. The first-order valence-electron chi connectivity index (χ1n) is 12.4. The average molecular weight is 497 g/mol. The smallest absolute Gasteiger partial charge is 0.317 e.